The number of hydrogen-bond donors (Lipinski definition) is 3. The van der Waals surface area contributed by atoms with Gasteiger partial charge >= 0.3 is 0 Å². The second-order valence-electron chi connectivity index (χ2n) is 4.51. The third-order valence-electron chi connectivity index (χ3n) is 2.31. The van der Waals surface area contributed by atoms with E-state index in [0.717, 1.165) is 0 Å². The largest absolute Gasteiger partial charge is 0.368 e. The fourth-order valence-electron chi connectivity index (χ4n) is 1.43. The molecule has 0 fully saturated rings. The van der Waals surface area contributed by atoms with E-state index >= 15 is 0 Å². The number of aliphatic hydroxyl groups is 2. The van der Waals surface area contributed by atoms with Crippen LogP contribution in [0.25, 0.3) is 0 Å². The molecule has 1 aromatic rings. The summed E-state index contributed by atoms with van der Waals surface area (Å²) in [7, 11) is 0. The van der Waals surface area contributed by atoms with Crippen LogP contribution in [-0.2, 0) is 20.8 Å². The summed E-state index contributed by atoms with van der Waals surface area (Å²) >= 11 is 0. The van der Waals surface area contributed by atoms with E-state index in [1.165, 1.54) is 12.5 Å². The molecule has 0 aliphatic rings. The van der Waals surface area contributed by atoms with Gasteiger partial charge in [-0.15, -0.1) is 12.4 Å². The van der Waals surface area contributed by atoms with Crippen LogP contribution < -0.4 is 5.73 Å². The van der Waals surface area contributed by atoms with Crippen LogP contribution >= 0.6 is 12.4 Å². The Morgan fingerprint density at radius 3 is 1.71 bits per heavy atom. The second-order valence-corrected chi connectivity index (χ2v) is 4.51. The highest BCUT2D eigenvalue weighted by Gasteiger charge is 2.18. The molecule has 0 saturated heterocycles. The summed E-state index contributed by atoms with van der Waals surface area (Å²) in [5, 5.41) is 17.4. The van der Waals surface area contributed by atoms with Gasteiger partial charge in [0.2, 0.25) is 0 Å². The number of rotatable bonds is 7. The van der Waals surface area contributed by atoms with Crippen molar-refractivity contribution in [2.45, 2.75) is 53.4 Å². The number of aliphatic hydroxyl groups excluding tert-OH is 1. The van der Waals surface area contributed by atoms with Gasteiger partial charge < -0.3 is 30.2 Å². The summed E-state index contributed by atoms with van der Waals surface area (Å²) in [4.78, 5) is 0. The lowest BCUT2D eigenvalue weighted by molar-refractivity contribution is -0.345. The van der Waals surface area contributed by atoms with Crippen LogP contribution in [0.2, 0.25) is 0 Å². The van der Waals surface area contributed by atoms with E-state index in [0.29, 0.717) is 26.4 Å². The molecule has 0 aliphatic carbocycles. The van der Waals surface area contributed by atoms with Crippen molar-refractivity contribution in [3.8, 4) is 0 Å². The van der Waals surface area contributed by atoms with Gasteiger partial charge in [-0.25, -0.2) is 0 Å². The maximum atomic E-state index is 9.07. The molecular formula is C17H34ClNO5. The van der Waals surface area contributed by atoms with Crippen molar-refractivity contribution in [3.05, 3.63) is 35.9 Å². The average Bonchev–Trinajstić information content (AvgIpc) is 2.49. The lowest BCUT2D eigenvalue weighted by Crippen LogP contribution is -2.31. The van der Waals surface area contributed by atoms with E-state index in [4.69, 9.17) is 25.4 Å². The monoisotopic (exact) mass is 367 g/mol. The van der Waals surface area contributed by atoms with Gasteiger partial charge in [-0.05, 0) is 33.3 Å². The summed E-state index contributed by atoms with van der Waals surface area (Å²) in [6.45, 7) is 10.6. The molecule has 4 N–H and O–H groups in total. The van der Waals surface area contributed by atoms with Gasteiger partial charge in [0.1, 0.15) is 0 Å². The molecule has 7 heteroatoms. The zero-order chi connectivity index (χ0) is 18.1. The van der Waals surface area contributed by atoms with Crippen LogP contribution in [0, 0.1) is 0 Å². The Balaban J connectivity index is -0.000000275. The van der Waals surface area contributed by atoms with Gasteiger partial charge in [0, 0.05) is 33.3 Å². The van der Waals surface area contributed by atoms with Crippen LogP contribution in [0.5, 0.6) is 0 Å². The number of ether oxygens (including phenoxy) is 3. The molecule has 1 aromatic carbocycles. The normalized spacial score (nSPS) is 11.2. The third kappa shape index (κ3) is 21.3. The van der Waals surface area contributed by atoms with Gasteiger partial charge in [0.15, 0.2) is 6.29 Å². The first kappa shape index (κ1) is 28.1. The Labute approximate surface area is 152 Å². The first-order valence-corrected chi connectivity index (χ1v) is 7.86. The van der Waals surface area contributed by atoms with Crippen molar-refractivity contribution < 1.29 is 24.4 Å². The van der Waals surface area contributed by atoms with Crippen LogP contribution in [0.1, 0.15) is 40.2 Å². The van der Waals surface area contributed by atoms with Crippen molar-refractivity contribution in [3.63, 3.8) is 0 Å². The van der Waals surface area contributed by atoms with E-state index in [9.17, 15) is 0 Å². The Morgan fingerprint density at radius 1 is 1.04 bits per heavy atom. The summed E-state index contributed by atoms with van der Waals surface area (Å²) in [6, 6.07) is 9.99. The standard InChI is InChI=1S/C7H9N.C6H14O3.C4H10O2.ClH/c8-6-7-4-2-1-3-5-7;1-4-8-6(3,7)9-5-2;1-3-6-4(2)5;/h1-5H,6,8H2;7H,4-5H2,1-3H3;4-5H,3H2,1-2H3;1H. The van der Waals surface area contributed by atoms with E-state index < -0.39 is 12.3 Å². The molecule has 0 bridgehead atoms. The molecule has 0 radical (unpaired) electrons. The number of nitrogens with two attached hydrogens (primary N) is 1. The Bertz CT molecular complexity index is 342. The molecule has 0 aromatic heterocycles. The molecule has 1 atom stereocenters. The molecule has 0 aliphatic heterocycles. The van der Waals surface area contributed by atoms with Gasteiger partial charge in [-0.3, -0.25) is 0 Å². The van der Waals surface area contributed by atoms with Crippen LogP contribution in [0.15, 0.2) is 30.3 Å². The summed E-state index contributed by atoms with van der Waals surface area (Å²) in [5.74, 6) is -1.40. The Morgan fingerprint density at radius 2 is 1.50 bits per heavy atom. The molecule has 0 amide bonds. The van der Waals surface area contributed by atoms with E-state index in [1.54, 1.807) is 20.8 Å². The maximum Gasteiger partial charge on any atom is 0.277 e. The fourth-order valence-corrected chi connectivity index (χ4v) is 1.43. The first-order valence-electron chi connectivity index (χ1n) is 7.86. The lowest BCUT2D eigenvalue weighted by Gasteiger charge is -2.21. The number of halogens is 1. The molecule has 0 heterocycles. The smallest absolute Gasteiger partial charge is 0.277 e. The highest BCUT2D eigenvalue weighted by molar-refractivity contribution is 5.85. The second kappa shape index (κ2) is 18.6. The highest BCUT2D eigenvalue weighted by Crippen LogP contribution is 2.05. The minimum atomic E-state index is -1.40. The van der Waals surface area contributed by atoms with E-state index in [-0.39, 0.29) is 12.4 Å². The van der Waals surface area contributed by atoms with E-state index in [1.807, 2.05) is 37.3 Å². The topological polar surface area (TPSA) is 94.2 Å². The molecule has 1 rings (SSSR count). The van der Waals surface area contributed by atoms with Gasteiger partial charge in [-0.1, -0.05) is 30.3 Å². The molecule has 6 nitrogen and oxygen atoms in total. The van der Waals surface area contributed by atoms with E-state index in [2.05, 4.69) is 4.74 Å². The number of hydrogen-bond acceptors (Lipinski definition) is 6. The Hall–Kier alpha value is -0.730. The fraction of sp³-hybridized carbons (Fsp3) is 0.647. The molecule has 144 valence electrons. The molecular weight excluding hydrogens is 334 g/mol. The van der Waals surface area contributed by atoms with Crippen LogP contribution in [0.3, 0.4) is 0 Å². The maximum absolute atomic E-state index is 9.07. The third-order valence-corrected chi connectivity index (χ3v) is 2.31. The lowest BCUT2D eigenvalue weighted by atomic mass is 10.2. The van der Waals surface area contributed by atoms with Crippen molar-refractivity contribution >= 4 is 12.4 Å². The average molecular weight is 368 g/mol. The Kier molecular flexibility index (Phi) is 21.8. The summed E-state index contributed by atoms with van der Waals surface area (Å²) in [6.07, 6.45) is -0.602. The predicted molar refractivity (Wildman–Crippen MR) is 98.8 cm³/mol. The van der Waals surface area contributed by atoms with Gasteiger partial charge in [0.05, 0.1) is 0 Å². The van der Waals surface area contributed by atoms with Crippen LogP contribution in [0.4, 0.5) is 0 Å². The van der Waals surface area contributed by atoms with Gasteiger partial charge in [0.25, 0.3) is 5.97 Å². The number of benzene rings is 1. The summed E-state index contributed by atoms with van der Waals surface area (Å²) in [5.41, 5.74) is 6.54. The first-order chi connectivity index (χ1) is 10.8. The van der Waals surface area contributed by atoms with Crippen molar-refractivity contribution in [1.82, 2.24) is 0 Å². The zero-order valence-corrected chi connectivity index (χ0v) is 16.2. The molecule has 0 saturated carbocycles. The summed E-state index contributed by atoms with van der Waals surface area (Å²) < 4.78 is 14.2. The quantitative estimate of drug-likeness (QED) is 0.641. The predicted octanol–water partition coefficient (Wildman–Crippen LogP) is 2.65. The van der Waals surface area contributed by atoms with Gasteiger partial charge in [-0.2, -0.15) is 0 Å². The SMILES string of the molecule is CCOC(C)(O)OCC.CCOC(C)O.Cl.NCc1ccccc1. The zero-order valence-electron chi connectivity index (χ0n) is 15.4. The van der Waals surface area contributed by atoms with Crippen molar-refractivity contribution in [2.75, 3.05) is 19.8 Å². The minimum absolute atomic E-state index is 0. The minimum Gasteiger partial charge on any atom is -0.368 e. The molecule has 24 heavy (non-hydrogen) atoms. The highest BCUT2D eigenvalue weighted by atomic mass is 35.5. The van der Waals surface area contributed by atoms with Crippen LogP contribution in [-0.4, -0.2) is 42.3 Å². The molecule has 1 unspecified atom stereocenters. The molecule has 0 spiro atoms. The van der Waals surface area contributed by atoms with Crippen molar-refractivity contribution in [2.24, 2.45) is 5.73 Å². The van der Waals surface area contributed by atoms with Crippen molar-refractivity contribution in [1.29, 1.82) is 0 Å².